The molecule has 6 nitrogen and oxygen atoms in total. The fourth-order valence-electron chi connectivity index (χ4n) is 5.72. The van der Waals surface area contributed by atoms with Crippen molar-refractivity contribution >= 4 is 10.4 Å². The van der Waals surface area contributed by atoms with Gasteiger partial charge in [0.1, 0.15) is 5.75 Å². The van der Waals surface area contributed by atoms with Crippen LogP contribution in [0.4, 0.5) is 0 Å². The highest BCUT2D eigenvalue weighted by Crippen LogP contribution is 2.60. The second kappa shape index (κ2) is 5.67. The molecule has 0 amide bonds. The van der Waals surface area contributed by atoms with Gasteiger partial charge >= 0.3 is 10.4 Å². The number of aliphatic hydroxyl groups excluding tert-OH is 2. The molecule has 4 rings (SSSR count). The van der Waals surface area contributed by atoms with Crippen LogP contribution in [-0.4, -0.2) is 35.4 Å². The number of fused-ring (bicyclic) bond motifs is 5. The summed E-state index contributed by atoms with van der Waals surface area (Å²) >= 11 is 0. The van der Waals surface area contributed by atoms with Crippen molar-refractivity contribution in [1.29, 1.82) is 0 Å². The zero-order chi connectivity index (χ0) is 18.0. The topological polar surface area (TPSA) is 104 Å². The summed E-state index contributed by atoms with van der Waals surface area (Å²) in [4.78, 5) is 0. The van der Waals surface area contributed by atoms with Crippen LogP contribution in [-0.2, 0) is 16.8 Å². The van der Waals surface area contributed by atoms with Crippen molar-refractivity contribution < 1.29 is 27.4 Å². The number of aliphatic hydroxyl groups is 2. The van der Waals surface area contributed by atoms with Crippen LogP contribution in [0.3, 0.4) is 0 Å². The summed E-state index contributed by atoms with van der Waals surface area (Å²) in [6.45, 7) is 2.10. The van der Waals surface area contributed by atoms with Crippen LogP contribution in [0.15, 0.2) is 18.2 Å². The largest absolute Gasteiger partial charge is 0.446 e. The van der Waals surface area contributed by atoms with Crippen molar-refractivity contribution in [1.82, 2.24) is 0 Å². The second-order valence-electron chi connectivity index (χ2n) is 8.08. The Balaban J connectivity index is 1.64. The number of hydrogen-bond acceptors (Lipinski definition) is 5. The molecule has 7 heteroatoms. The van der Waals surface area contributed by atoms with Gasteiger partial charge in [0.2, 0.25) is 0 Å². The molecule has 2 saturated carbocycles. The van der Waals surface area contributed by atoms with Crippen molar-refractivity contribution in [2.24, 2.45) is 17.3 Å². The third kappa shape index (κ3) is 2.77. The number of aryl methyl sites for hydroxylation is 1. The number of rotatable bonds is 2. The Bertz CT molecular complexity index is 791. The average molecular weight is 368 g/mol. The number of benzene rings is 1. The first-order valence-corrected chi connectivity index (χ1v) is 10.2. The second-order valence-corrected chi connectivity index (χ2v) is 9.10. The van der Waals surface area contributed by atoms with E-state index in [1.807, 2.05) is 6.07 Å². The lowest BCUT2D eigenvalue weighted by Gasteiger charge is -2.49. The highest BCUT2D eigenvalue weighted by Gasteiger charge is 2.57. The Morgan fingerprint density at radius 1 is 1.24 bits per heavy atom. The SMILES string of the molecule is C[C@]12CC[C@@H]3c4ccc(OS(=O)(=O)O)cc4CC[C@@H]3[C@@H]1C[C@H](O)[C@@H]2O. The maximum atomic E-state index is 10.9. The first-order valence-electron chi connectivity index (χ1n) is 8.85. The van der Waals surface area contributed by atoms with Gasteiger partial charge in [0.25, 0.3) is 0 Å². The number of hydrogen-bond donors (Lipinski definition) is 3. The molecular formula is C18H24O6S. The molecule has 25 heavy (non-hydrogen) atoms. The summed E-state index contributed by atoms with van der Waals surface area (Å²) in [5.74, 6) is 1.22. The lowest BCUT2D eigenvalue weighted by molar-refractivity contribution is -0.0505. The van der Waals surface area contributed by atoms with E-state index in [1.165, 1.54) is 5.56 Å². The maximum absolute atomic E-state index is 10.9. The first kappa shape index (κ1) is 17.3. The molecule has 0 radical (unpaired) electrons. The van der Waals surface area contributed by atoms with Crippen LogP contribution in [0.1, 0.15) is 49.7 Å². The van der Waals surface area contributed by atoms with Crippen molar-refractivity contribution in [3.05, 3.63) is 29.3 Å². The van der Waals surface area contributed by atoms with Crippen LogP contribution in [0.5, 0.6) is 5.75 Å². The van der Waals surface area contributed by atoms with Crippen LogP contribution in [0.2, 0.25) is 0 Å². The third-order valence-electron chi connectivity index (χ3n) is 6.87. The minimum Gasteiger partial charge on any atom is -0.390 e. The molecular weight excluding hydrogens is 344 g/mol. The third-order valence-corrected chi connectivity index (χ3v) is 7.28. The lowest BCUT2D eigenvalue weighted by atomic mass is 9.55. The molecule has 0 spiro atoms. The monoisotopic (exact) mass is 368 g/mol. The fraction of sp³-hybridized carbons (Fsp3) is 0.667. The molecule has 0 aliphatic heterocycles. The van der Waals surface area contributed by atoms with E-state index < -0.39 is 22.6 Å². The predicted molar refractivity (Wildman–Crippen MR) is 90.6 cm³/mol. The van der Waals surface area contributed by atoms with Gasteiger partial charge in [0.05, 0.1) is 12.2 Å². The van der Waals surface area contributed by atoms with Crippen molar-refractivity contribution in [2.45, 2.75) is 57.2 Å². The molecule has 138 valence electrons. The Hall–Kier alpha value is -1.15. The maximum Gasteiger partial charge on any atom is 0.446 e. The highest BCUT2D eigenvalue weighted by molar-refractivity contribution is 7.81. The van der Waals surface area contributed by atoms with Gasteiger partial charge in [-0.2, -0.15) is 8.42 Å². The summed E-state index contributed by atoms with van der Waals surface area (Å²) in [6, 6.07) is 5.18. The van der Waals surface area contributed by atoms with Gasteiger partial charge in [-0.05, 0) is 78.5 Å². The van der Waals surface area contributed by atoms with Crippen molar-refractivity contribution in [2.75, 3.05) is 0 Å². The molecule has 3 aliphatic carbocycles. The summed E-state index contributed by atoms with van der Waals surface area (Å²) in [7, 11) is -4.51. The highest BCUT2D eigenvalue weighted by atomic mass is 32.3. The van der Waals surface area contributed by atoms with E-state index in [-0.39, 0.29) is 11.2 Å². The minimum absolute atomic E-state index is 0.132. The van der Waals surface area contributed by atoms with E-state index in [0.717, 1.165) is 31.2 Å². The van der Waals surface area contributed by atoms with Gasteiger partial charge in [0.15, 0.2) is 0 Å². The molecule has 6 atom stereocenters. The molecule has 3 N–H and O–H groups in total. The molecule has 1 aromatic carbocycles. The molecule has 1 aromatic rings. The lowest BCUT2D eigenvalue weighted by Crippen LogP contribution is -2.44. The summed E-state index contributed by atoms with van der Waals surface area (Å²) in [6.07, 6.45) is 2.95. The van der Waals surface area contributed by atoms with Gasteiger partial charge < -0.3 is 14.4 Å². The van der Waals surface area contributed by atoms with Crippen LogP contribution < -0.4 is 4.18 Å². The zero-order valence-corrected chi connectivity index (χ0v) is 14.9. The van der Waals surface area contributed by atoms with Crippen LogP contribution >= 0.6 is 0 Å². The average Bonchev–Trinajstić information content (AvgIpc) is 2.76. The van der Waals surface area contributed by atoms with Gasteiger partial charge in [-0.1, -0.05) is 13.0 Å². The molecule has 0 aromatic heterocycles. The van der Waals surface area contributed by atoms with Crippen molar-refractivity contribution in [3.8, 4) is 5.75 Å². The van der Waals surface area contributed by atoms with Gasteiger partial charge in [0, 0.05) is 0 Å². The molecule has 2 fully saturated rings. The standard InChI is InChI=1S/C18H24O6S/c1-18-7-6-13-12-5-3-11(24-25(21,22)23)8-10(12)2-4-14(13)15(18)9-16(19)17(18)20/h3,5,8,13-17,19-20H,2,4,6-7,9H2,1H3,(H,21,22,23)/t13-,14+,15+,16+,17+,18+/m1/s1. The van der Waals surface area contributed by atoms with Gasteiger partial charge in [-0.3, -0.25) is 4.55 Å². The normalized spacial score (nSPS) is 40.1. The zero-order valence-electron chi connectivity index (χ0n) is 14.1. The van der Waals surface area contributed by atoms with E-state index in [2.05, 4.69) is 11.1 Å². The molecule has 0 unspecified atom stereocenters. The Morgan fingerprint density at radius 2 is 2.00 bits per heavy atom. The molecule has 3 aliphatic rings. The molecule has 0 heterocycles. The fourth-order valence-corrected chi connectivity index (χ4v) is 6.07. The first-order chi connectivity index (χ1) is 11.7. The Labute approximate surface area is 147 Å². The van der Waals surface area contributed by atoms with E-state index in [0.29, 0.717) is 24.2 Å². The van der Waals surface area contributed by atoms with Crippen LogP contribution in [0.25, 0.3) is 0 Å². The van der Waals surface area contributed by atoms with E-state index in [1.54, 1.807) is 12.1 Å². The molecule has 0 saturated heterocycles. The van der Waals surface area contributed by atoms with Gasteiger partial charge in [-0.15, -0.1) is 0 Å². The Morgan fingerprint density at radius 3 is 2.72 bits per heavy atom. The van der Waals surface area contributed by atoms with Crippen molar-refractivity contribution in [3.63, 3.8) is 0 Å². The van der Waals surface area contributed by atoms with Crippen LogP contribution in [0, 0.1) is 17.3 Å². The smallest absolute Gasteiger partial charge is 0.390 e. The summed E-state index contributed by atoms with van der Waals surface area (Å²) in [5.41, 5.74) is 2.05. The summed E-state index contributed by atoms with van der Waals surface area (Å²) in [5, 5.41) is 20.6. The van der Waals surface area contributed by atoms with E-state index >= 15 is 0 Å². The molecule has 0 bridgehead atoms. The minimum atomic E-state index is -4.51. The quantitative estimate of drug-likeness (QED) is 0.690. The Kier molecular flexibility index (Phi) is 3.92. The summed E-state index contributed by atoms with van der Waals surface area (Å²) < 4.78 is 35.2. The predicted octanol–water partition coefficient (Wildman–Crippen LogP) is 2.06. The van der Waals surface area contributed by atoms with E-state index in [4.69, 9.17) is 4.55 Å². The van der Waals surface area contributed by atoms with E-state index in [9.17, 15) is 18.6 Å². The van der Waals surface area contributed by atoms with Gasteiger partial charge in [-0.25, -0.2) is 0 Å².